The van der Waals surface area contributed by atoms with E-state index < -0.39 is 0 Å². The molecule has 0 aromatic heterocycles. The van der Waals surface area contributed by atoms with E-state index in [0.717, 1.165) is 31.7 Å². The van der Waals surface area contributed by atoms with Crippen molar-refractivity contribution in [3.8, 4) is 0 Å². The molecular weight excluding hydrogens is 254 g/mol. The van der Waals surface area contributed by atoms with Gasteiger partial charge in [0.1, 0.15) is 0 Å². The molecule has 1 aromatic carbocycles. The van der Waals surface area contributed by atoms with E-state index in [4.69, 9.17) is 0 Å². The summed E-state index contributed by atoms with van der Waals surface area (Å²) in [6.45, 7) is 10.3. The molecule has 1 fully saturated rings. The Kier molecular flexibility index (Phi) is 6.29. The SMILES string of the molecule is CCCNC(CC1CC1)c1c(CC)cc(CC)cc1CC. The molecule has 0 saturated heterocycles. The highest BCUT2D eigenvalue weighted by Gasteiger charge is 2.28. The second kappa shape index (κ2) is 7.98. The van der Waals surface area contributed by atoms with E-state index in [0.29, 0.717) is 6.04 Å². The zero-order valence-corrected chi connectivity index (χ0v) is 14.5. The van der Waals surface area contributed by atoms with Gasteiger partial charge in [-0.3, -0.25) is 0 Å². The Bertz CT molecular complexity index is 420. The van der Waals surface area contributed by atoms with Crippen LogP contribution in [-0.4, -0.2) is 6.54 Å². The summed E-state index contributed by atoms with van der Waals surface area (Å²) in [5, 5.41) is 3.84. The quantitative estimate of drug-likeness (QED) is 0.657. The molecule has 0 radical (unpaired) electrons. The van der Waals surface area contributed by atoms with Gasteiger partial charge in [-0.2, -0.15) is 0 Å². The number of aryl methyl sites for hydroxylation is 3. The lowest BCUT2D eigenvalue weighted by atomic mass is 9.87. The van der Waals surface area contributed by atoms with Crippen LogP contribution in [0.15, 0.2) is 12.1 Å². The fourth-order valence-electron chi connectivity index (χ4n) is 3.40. The van der Waals surface area contributed by atoms with Crippen molar-refractivity contribution in [3.63, 3.8) is 0 Å². The van der Waals surface area contributed by atoms with Gasteiger partial charge in [-0.1, -0.05) is 52.7 Å². The third-order valence-electron chi connectivity index (χ3n) is 4.84. The molecule has 21 heavy (non-hydrogen) atoms. The maximum absolute atomic E-state index is 3.84. The Morgan fingerprint density at radius 3 is 2.05 bits per heavy atom. The van der Waals surface area contributed by atoms with E-state index in [1.165, 1.54) is 31.2 Å². The molecule has 118 valence electrons. The van der Waals surface area contributed by atoms with Crippen molar-refractivity contribution in [1.29, 1.82) is 0 Å². The largest absolute Gasteiger partial charge is 0.310 e. The predicted octanol–water partition coefficient (Wildman–Crippen LogP) is 5.21. The first kappa shape index (κ1) is 16.5. The maximum Gasteiger partial charge on any atom is 0.0328 e. The van der Waals surface area contributed by atoms with E-state index in [-0.39, 0.29) is 0 Å². The van der Waals surface area contributed by atoms with Crippen molar-refractivity contribution in [1.82, 2.24) is 5.32 Å². The molecule has 1 aromatic rings. The first-order valence-electron chi connectivity index (χ1n) is 9.11. The zero-order chi connectivity index (χ0) is 15.2. The van der Waals surface area contributed by atoms with Crippen LogP contribution < -0.4 is 5.32 Å². The third kappa shape index (κ3) is 4.32. The van der Waals surface area contributed by atoms with Gasteiger partial charge in [0, 0.05) is 6.04 Å². The number of nitrogens with one attached hydrogen (secondary N) is 1. The summed E-state index contributed by atoms with van der Waals surface area (Å²) in [7, 11) is 0. The van der Waals surface area contributed by atoms with Gasteiger partial charge >= 0.3 is 0 Å². The van der Waals surface area contributed by atoms with Gasteiger partial charge in [-0.15, -0.1) is 0 Å². The summed E-state index contributed by atoms with van der Waals surface area (Å²) in [5.74, 6) is 0.972. The van der Waals surface area contributed by atoms with Gasteiger partial charge < -0.3 is 5.32 Å². The van der Waals surface area contributed by atoms with Crippen LogP contribution in [0.3, 0.4) is 0 Å². The molecule has 1 aliphatic carbocycles. The Morgan fingerprint density at radius 1 is 1.00 bits per heavy atom. The number of rotatable bonds is 9. The van der Waals surface area contributed by atoms with Crippen LogP contribution in [0.25, 0.3) is 0 Å². The second-order valence-electron chi connectivity index (χ2n) is 6.57. The molecule has 1 atom stereocenters. The van der Waals surface area contributed by atoms with E-state index in [1.807, 2.05) is 0 Å². The van der Waals surface area contributed by atoms with Crippen molar-refractivity contribution in [2.45, 2.75) is 78.7 Å². The smallest absolute Gasteiger partial charge is 0.0328 e. The molecule has 1 nitrogen and oxygen atoms in total. The average Bonchev–Trinajstić information content (AvgIpc) is 3.34. The van der Waals surface area contributed by atoms with Crippen molar-refractivity contribution in [3.05, 3.63) is 34.4 Å². The van der Waals surface area contributed by atoms with Crippen LogP contribution in [-0.2, 0) is 19.3 Å². The molecule has 0 spiro atoms. The van der Waals surface area contributed by atoms with E-state index in [2.05, 4.69) is 45.1 Å². The fourth-order valence-corrected chi connectivity index (χ4v) is 3.40. The fraction of sp³-hybridized carbons (Fsp3) is 0.700. The normalized spacial score (nSPS) is 16.2. The lowest BCUT2D eigenvalue weighted by molar-refractivity contribution is 0.468. The van der Waals surface area contributed by atoms with E-state index >= 15 is 0 Å². The van der Waals surface area contributed by atoms with Crippen LogP contribution in [0.4, 0.5) is 0 Å². The molecule has 0 bridgehead atoms. The molecule has 0 amide bonds. The molecule has 1 N–H and O–H groups in total. The highest BCUT2D eigenvalue weighted by atomic mass is 14.9. The van der Waals surface area contributed by atoms with Crippen LogP contribution >= 0.6 is 0 Å². The monoisotopic (exact) mass is 287 g/mol. The highest BCUT2D eigenvalue weighted by Crippen LogP contribution is 2.39. The van der Waals surface area contributed by atoms with E-state index in [1.54, 1.807) is 16.7 Å². The van der Waals surface area contributed by atoms with Gasteiger partial charge in [-0.05, 0) is 66.8 Å². The summed E-state index contributed by atoms with van der Waals surface area (Å²) in [6.07, 6.45) is 8.91. The second-order valence-corrected chi connectivity index (χ2v) is 6.57. The van der Waals surface area contributed by atoms with Crippen LogP contribution in [0.5, 0.6) is 0 Å². The van der Waals surface area contributed by atoms with Gasteiger partial charge in [-0.25, -0.2) is 0 Å². The lowest BCUT2D eigenvalue weighted by Crippen LogP contribution is -2.25. The number of hydrogen-bond donors (Lipinski definition) is 1. The summed E-state index contributed by atoms with van der Waals surface area (Å²) in [6, 6.07) is 5.50. The highest BCUT2D eigenvalue weighted by molar-refractivity contribution is 5.42. The Balaban J connectivity index is 2.35. The molecule has 0 heterocycles. The molecule has 1 heteroatoms. The average molecular weight is 287 g/mol. The van der Waals surface area contributed by atoms with Gasteiger partial charge in [0.05, 0.1) is 0 Å². The van der Waals surface area contributed by atoms with Crippen molar-refractivity contribution >= 4 is 0 Å². The van der Waals surface area contributed by atoms with Crippen LogP contribution in [0.2, 0.25) is 0 Å². The summed E-state index contributed by atoms with van der Waals surface area (Å²) in [5.41, 5.74) is 6.31. The topological polar surface area (TPSA) is 12.0 Å². The van der Waals surface area contributed by atoms with Crippen molar-refractivity contribution in [2.75, 3.05) is 6.54 Å². The molecule has 1 unspecified atom stereocenters. The Hall–Kier alpha value is -0.820. The molecule has 2 rings (SSSR count). The summed E-state index contributed by atoms with van der Waals surface area (Å²) >= 11 is 0. The minimum Gasteiger partial charge on any atom is -0.310 e. The number of benzene rings is 1. The zero-order valence-electron chi connectivity index (χ0n) is 14.5. The van der Waals surface area contributed by atoms with Crippen molar-refractivity contribution < 1.29 is 0 Å². The third-order valence-corrected chi connectivity index (χ3v) is 4.84. The summed E-state index contributed by atoms with van der Waals surface area (Å²) < 4.78 is 0. The predicted molar refractivity (Wildman–Crippen MR) is 93.0 cm³/mol. The minimum absolute atomic E-state index is 0.577. The Labute approximate surface area is 131 Å². The van der Waals surface area contributed by atoms with Crippen LogP contribution in [0.1, 0.15) is 81.7 Å². The standard InChI is InChI=1S/C20H33N/c1-5-11-21-19(14-16-9-10-16)20-17(7-3)12-15(6-2)13-18(20)8-4/h12-13,16,19,21H,5-11,14H2,1-4H3. The van der Waals surface area contributed by atoms with Crippen molar-refractivity contribution in [2.24, 2.45) is 5.92 Å². The number of hydrogen-bond acceptors (Lipinski definition) is 1. The minimum atomic E-state index is 0.577. The van der Waals surface area contributed by atoms with E-state index in [9.17, 15) is 0 Å². The Morgan fingerprint density at radius 2 is 1.62 bits per heavy atom. The first-order valence-corrected chi connectivity index (χ1v) is 9.11. The lowest BCUT2D eigenvalue weighted by Gasteiger charge is -2.25. The molecule has 0 aliphatic heterocycles. The maximum atomic E-state index is 3.84. The molecular formula is C20H33N. The van der Waals surface area contributed by atoms with Gasteiger partial charge in [0.25, 0.3) is 0 Å². The first-order chi connectivity index (χ1) is 10.2. The van der Waals surface area contributed by atoms with Gasteiger partial charge in [0.2, 0.25) is 0 Å². The summed E-state index contributed by atoms with van der Waals surface area (Å²) in [4.78, 5) is 0. The van der Waals surface area contributed by atoms with Gasteiger partial charge in [0.15, 0.2) is 0 Å². The van der Waals surface area contributed by atoms with Crippen LogP contribution in [0, 0.1) is 5.92 Å². The molecule has 1 saturated carbocycles. The molecule has 1 aliphatic rings.